The van der Waals surface area contributed by atoms with Crippen LogP contribution < -0.4 is 20.2 Å². The number of hydrogen-bond donors (Lipinski definition) is 2. The van der Waals surface area contributed by atoms with Crippen molar-refractivity contribution in [3.05, 3.63) is 53.6 Å². The van der Waals surface area contributed by atoms with Crippen LogP contribution in [0.25, 0.3) is 0 Å². The maximum atomic E-state index is 12.1. The predicted octanol–water partition coefficient (Wildman–Crippen LogP) is 2.82. The Bertz CT molecular complexity index is 801. The van der Waals surface area contributed by atoms with Crippen molar-refractivity contribution in [1.82, 2.24) is 5.43 Å². The molecule has 0 heterocycles. The predicted molar refractivity (Wildman–Crippen MR) is 100.0 cm³/mol. The third-order valence-corrected chi connectivity index (χ3v) is 3.33. The van der Waals surface area contributed by atoms with Gasteiger partial charge in [0, 0.05) is 18.2 Å². The highest BCUT2D eigenvalue weighted by Gasteiger charge is 2.06. The molecule has 7 heteroatoms. The van der Waals surface area contributed by atoms with Crippen LogP contribution in [0.2, 0.25) is 0 Å². The minimum atomic E-state index is -0.353. The largest absolute Gasteiger partial charge is 0.493 e. The monoisotopic (exact) mass is 355 g/mol. The zero-order valence-corrected chi connectivity index (χ0v) is 14.9. The van der Waals surface area contributed by atoms with Gasteiger partial charge in [-0.25, -0.2) is 5.43 Å². The van der Waals surface area contributed by atoms with E-state index in [1.54, 1.807) is 49.6 Å². The number of hydrogen-bond acceptors (Lipinski definition) is 5. The highest BCUT2D eigenvalue weighted by molar-refractivity contribution is 5.96. The number of methoxy groups -OCH3 is 1. The van der Waals surface area contributed by atoms with Gasteiger partial charge in [0.15, 0.2) is 11.5 Å². The van der Waals surface area contributed by atoms with Crippen molar-refractivity contribution in [1.29, 1.82) is 0 Å². The molecule has 0 aromatic heterocycles. The molecular formula is C19H21N3O4. The summed E-state index contributed by atoms with van der Waals surface area (Å²) in [6.07, 6.45) is 1.52. The van der Waals surface area contributed by atoms with Gasteiger partial charge >= 0.3 is 0 Å². The number of ether oxygens (including phenoxy) is 2. The van der Waals surface area contributed by atoms with E-state index in [4.69, 9.17) is 9.47 Å². The van der Waals surface area contributed by atoms with E-state index in [1.165, 1.54) is 13.1 Å². The van der Waals surface area contributed by atoms with Crippen LogP contribution in [0.1, 0.15) is 29.8 Å². The summed E-state index contributed by atoms with van der Waals surface area (Å²) in [6.45, 7) is 3.82. The minimum Gasteiger partial charge on any atom is -0.493 e. The van der Waals surface area contributed by atoms with Gasteiger partial charge in [-0.05, 0) is 55.0 Å². The fourth-order valence-corrected chi connectivity index (χ4v) is 2.18. The molecule has 2 rings (SSSR count). The highest BCUT2D eigenvalue weighted by atomic mass is 16.5. The van der Waals surface area contributed by atoms with Crippen LogP contribution in [0.15, 0.2) is 47.6 Å². The summed E-state index contributed by atoms with van der Waals surface area (Å²) in [6, 6.07) is 11.9. The summed E-state index contributed by atoms with van der Waals surface area (Å²) < 4.78 is 10.7. The van der Waals surface area contributed by atoms with Crippen molar-refractivity contribution in [3.8, 4) is 11.5 Å². The van der Waals surface area contributed by atoms with Crippen LogP contribution in [-0.4, -0.2) is 31.7 Å². The van der Waals surface area contributed by atoms with E-state index in [-0.39, 0.29) is 11.8 Å². The molecule has 0 unspecified atom stereocenters. The van der Waals surface area contributed by atoms with Crippen LogP contribution >= 0.6 is 0 Å². The number of rotatable bonds is 7. The van der Waals surface area contributed by atoms with Crippen LogP contribution in [-0.2, 0) is 4.79 Å². The molecule has 2 aromatic carbocycles. The number of benzene rings is 2. The van der Waals surface area contributed by atoms with Gasteiger partial charge in [0.1, 0.15) is 0 Å². The summed E-state index contributed by atoms with van der Waals surface area (Å²) in [5, 5.41) is 6.59. The van der Waals surface area contributed by atoms with E-state index in [9.17, 15) is 9.59 Å². The average molecular weight is 355 g/mol. The molecule has 0 atom stereocenters. The Morgan fingerprint density at radius 3 is 2.46 bits per heavy atom. The molecule has 0 aliphatic heterocycles. The lowest BCUT2D eigenvalue weighted by Gasteiger charge is -2.09. The molecule has 2 amide bonds. The first-order valence-corrected chi connectivity index (χ1v) is 8.05. The second-order valence-corrected chi connectivity index (χ2v) is 5.30. The lowest BCUT2D eigenvalue weighted by Crippen LogP contribution is -2.17. The number of nitrogens with one attached hydrogen (secondary N) is 2. The van der Waals surface area contributed by atoms with Gasteiger partial charge in [-0.3, -0.25) is 9.59 Å². The smallest absolute Gasteiger partial charge is 0.271 e. The Morgan fingerprint density at radius 1 is 1.12 bits per heavy atom. The summed E-state index contributed by atoms with van der Waals surface area (Å²) in [7, 11) is 1.57. The zero-order chi connectivity index (χ0) is 18.9. The Labute approximate surface area is 152 Å². The molecule has 2 N–H and O–H groups in total. The maximum absolute atomic E-state index is 12.1. The zero-order valence-electron chi connectivity index (χ0n) is 14.9. The van der Waals surface area contributed by atoms with Crippen LogP contribution in [0.3, 0.4) is 0 Å². The molecule has 0 spiro atoms. The molecule has 0 bridgehead atoms. The van der Waals surface area contributed by atoms with Crippen LogP contribution in [0, 0.1) is 0 Å². The van der Waals surface area contributed by atoms with Crippen molar-refractivity contribution < 1.29 is 19.1 Å². The molecule has 0 fully saturated rings. The number of anilines is 1. The van der Waals surface area contributed by atoms with Crippen molar-refractivity contribution in [3.63, 3.8) is 0 Å². The van der Waals surface area contributed by atoms with E-state index >= 15 is 0 Å². The molecule has 0 aliphatic carbocycles. The Balaban J connectivity index is 2.00. The van der Waals surface area contributed by atoms with Crippen molar-refractivity contribution in [2.45, 2.75) is 13.8 Å². The Kier molecular flexibility index (Phi) is 6.73. The van der Waals surface area contributed by atoms with Gasteiger partial charge in [0.2, 0.25) is 5.91 Å². The number of carbonyl (C=O) groups is 2. The van der Waals surface area contributed by atoms with Crippen molar-refractivity contribution >= 4 is 23.7 Å². The summed E-state index contributed by atoms with van der Waals surface area (Å²) in [5.41, 5.74) is 4.27. The Hall–Kier alpha value is -3.35. The SMILES string of the molecule is CCOc1cc(C=NNC(=O)c2ccc(NC(C)=O)cc2)ccc1OC. The van der Waals surface area contributed by atoms with E-state index in [0.29, 0.717) is 29.4 Å². The number of nitrogens with zero attached hydrogens (tertiary/aromatic N) is 1. The average Bonchev–Trinajstić information content (AvgIpc) is 2.62. The molecule has 26 heavy (non-hydrogen) atoms. The Morgan fingerprint density at radius 2 is 1.85 bits per heavy atom. The fourth-order valence-electron chi connectivity index (χ4n) is 2.18. The van der Waals surface area contributed by atoms with Gasteiger partial charge in [-0.2, -0.15) is 5.10 Å². The van der Waals surface area contributed by atoms with Crippen LogP contribution in [0.5, 0.6) is 11.5 Å². The quantitative estimate of drug-likeness (QED) is 0.590. The maximum Gasteiger partial charge on any atom is 0.271 e. The molecule has 0 radical (unpaired) electrons. The normalized spacial score (nSPS) is 10.4. The lowest BCUT2D eigenvalue weighted by atomic mass is 10.2. The molecule has 0 saturated carbocycles. The first-order chi connectivity index (χ1) is 12.5. The summed E-state index contributed by atoms with van der Waals surface area (Å²) in [4.78, 5) is 23.1. The summed E-state index contributed by atoms with van der Waals surface area (Å²) >= 11 is 0. The molecule has 0 aliphatic rings. The minimum absolute atomic E-state index is 0.169. The number of hydrazone groups is 1. The van der Waals surface area contributed by atoms with E-state index in [0.717, 1.165) is 5.56 Å². The highest BCUT2D eigenvalue weighted by Crippen LogP contribution is 2.27. The number of amides is 2. The van der Waals surface area contributed by atoms with Gasteiger partial charge < -0.3 is 14.8 Å². The standard InChI is InChI=1S/C19H21N3O4/c1-4-26-18-11-14(5-10-17(18)25-3)12-20-22-19(24)15-6-8-16(9-7-15)21-13(2)23/h5-12H,4H2,1-3H3,(H,21,23)(H,22,24). The molecule has 136 valence electrons. The van der Waals surface area contributed by atoms with E-state index in [2.05, 4.69) is 15.8 Å². The third-order valence-electron chi connectivity index (χ3n) is 3.33. The first-order valence-electron chi connectivity index (χ1n) is 8.05. The fraction of sp³-hybridized carbons (Fsp3) is 0.211. The third kappa shape index (κ3) is 5.34. The van der Waals surface area contributed by atoms with Crippen molar-refractivity contribution in [2.24, 2.45) is 5.10 Å². The molecule has 2 aromatic rings. The van der Waals surface area contributed by atoms with Gasteiger partial charge in [-0.15, -0.1) is 0 Å². The van der Waals surface area contributed by atoms with E-state index < -0.39 is 0 Å². The molecule has 0 saturated heterocycles. The van der Waals surface area contributed by atoms with Gasteiger partial charge in [0.25, 0.3) is 5.91 Å². The topological polar surface area (TPSA) is 89.0 Å². The summed E-state index contributed by atoms with van der Waals surface area (Å²) in [5.74, 6) is 0.720. The first kappa shape index (κ1) is 19.0. The van der Waals surface area contributed by atoms with Gasteiger partial charge in [0.05, 0.1) is 19.9 Å². The van der Waals surface area contributed by atoms with Gasteiger partial charge in [-0.1, -0.05) is 0 Å². The molecular weight excluding hydrogens is 334 g/mol. The van der Waals surface area contributed by atoms with Crippen LogP contribution in [0.4, 0.5) is 5.69 Å². The van der Waals surface area contributed by atoms with Crippen molar-refractivity contribution in [2.75, 3.05) is 19.0 Å². The number of carbonyl (C=O) groups excluding carboxylic acids is 2. The lowest BCUT2D eigenvalue weighted by molar-refractivity contribution is -0.114. The van der Waals surface area contributed by atoms with E-state index in [1.807, 2.05) is 6.92 Å². The molecule has 7 nitrogen and oxygen atoms in total. The second kappa shape index (κ2) is 9.22. The second-order valence-electron chi connectivity index (χ2n) is 5.30.